The zero-order chi connectivity index (χ0) is 24.1. The number of hydrogen-bond donors (Lipinski definition) is 2. The van der Waals surface area contributed by atoms with E-state index >= 15 is 0 Å². The van der Waals surface area contributed by atoms with Gasteiger partial charge < -0.3 is 10.4 Å². The van der Waals surface area contributed by atoms with Crippen LogP contribution in [0.4, 0.5) is 13.2 Å². The van der Waals surface area contributed by atoms with Gasteiger partial charge in [-0.05, 0) is 85.9 Å². The summed E-state index contributed by atoms with van der Waals surface area (Å²) in [6.45, 7) is 1.16. The molecule has 2 aromatic carbocycles. The molecule has 182 valence electrons. The van der Waals surface area contributed by atoms with Crippen molar-refractivity contribution in [2.75, 3.05) is 6.54 Å². The quantitative estimate of drug-likeness (QED) is 0.585. The number of amides is 1. The van der Waals surface area contributed by atoms with Crippen LogP contribution in [0.5, 0.6) is 0 Å². The number of rotatable bonds is 6. The molecule has 5 rings (SSSR count). The van der Waals surface area contributed by atoms with Gasteiger partial charge in [-0.2, -0.15) is 13.2 Å². The fraction of sp³-hybridized carbons (Fsp3) is 0.462. The first-order valence-corrected chi connectivity index (χ1v) is 11.7. The Bertz CT molecular complexity index is 1090. The van der Waals surface area contributed by atoms with Crippen LogP contribution < -0.4 is 5.32 Å². The van der Waals surface area contributed by atoms with E-state index in [2.05, 4.69) is 10.2 Å². The number of likely N-dealkylation sites (tertiary alicyclic amines) is 1. The van der Waals surface area contributed by atoms with E-state index in [0.717, 1.165) is 68.3 Å². The van der Waals surface area contributed by atoms with Crippen molar-refractivity contribution in [1.82, 2.24) is 10.2 Å². The zero-order valence-corrected chi connectivity index (χ0v) is 18.7. The molecule has 0 bridgehead atoms. The van der Waals surface area contributed by atoms with Crippen molar-refractivity contribution in [3.05, 3.63) is 70.8 Å². The first-order valence-electron chi connectivity index (χ1n) is 11.7. The van der Waals surface area contributed by atoms with Crippen LogP contribution in [0.1, 0.15) is 65.6 Å². The number of aromatic carboxylic acids is 1. The number of hydrogen-bond acceptors (Lipinski definition) is 3. The molecule has 5 nitrogen and oxygen atoms in total. The maximum atomic E-state index is 13.5. The first-order chi connectivity index (χ1) is 16.1. The van der Waals surface area contributed by atoms with Crippen LogP contribution in [-0.4, -0.2) is 64.0 Å². The fourth-order valence-electron chi connectivity index (χ4n) is 5.15. The Morgan fingerprint density at radius 3 is 2.11 bits per heavy atom. The van der Waals surface area contributed by atoms with E-state index < -0.39 is 23.2 Å². The number of carbonyl (C=O) groups excluding carboxylic acids is 1. The van der Waals surface area contributed by atoms with Gasteiger partial charge in [0.1, 0.15) is 0 Å². The van der Waals surface area contributed by atoms with E-state index in [4.69, 9.17) is 5.11 Å². The van der Waals surface area contributed by atoms with Crippen LogP contribution in [0.2, 0.25) is 0 Å². The molecule has 9 heteroatoms. The number of carboxylic acids is 1. The van der Waals surface area contributed by atoms with Crippen LogP contribution >= 0.6 is 0 Å². The average Bonchev–Trinajstić information content (AvgIpc) is 3.73. The van der Waals surface area contributed by atoms with Crippen LogP contribution in [0.15, 0.2) is 48.5 Å². The van der Waals surface area contributed by atoms with Crippen molar-refractivity contribution in [2.45, 2.75) is 62.8 Å². The molecule has 1 unspecified atom stereocenters. The van der Waals surface area contributed by atoms with E-state index in [1.165, 1.54) is 12.1 Å². The minimum absolute atomic E-state index is 0. The van der Waals surface area contributed by atoms with E-state index in [0.29, 0.717) is 6.54 Å². The van der Waals surface area contributed by atoms with Gasteiger partial charge in [0.15, 0.2) is 0 Å². The molecule has 0 aromatic heterocycles. The molecule has 3 fully saturated rings. The average molecular weight is 497 g/mol. The van der Waals surface area contributed by atoms with E-state index in [1.807, 2.05) is 0 Å². The van der Waals surface area contributed by atoms with Gasteiger partial charge in [-0.15, -0.1) is 0 Å². The Balaban J connectivity index is 0.00000289. The summed E-state index contributed by atoms with van der Waals surface area (Å²) in [5.74, 6) is -1.05. The second kappa shape index (κ2) is 9.54. The van der Waals surface area contributed by atoms with Crippen molar-refractivity contribution in [3.63, 3.8) is 0 Å². The second-order valence-corrected chi connectivity index (χ2v) is 10.1. The minimum atomic E-state index is -4.37. The van der Waals surface area contributed by atoms with Crippen LogP contribution in [-0.2, 0) is 23.1 Å². The first kappa shape index (κ1) is 26.2. The predicted octanol–water partition coefficient (Wildman–Crippen LogP) is 4.31. The molecule has 2 saturated carbocycles. The fourth-order valence-corrected chi connectivity index (χ4v) is 5.15. The SMILES string of the molecule is O=C(O)c1ccc(C2(NC(=O)C3CC4(CCN3Cc3ccc(C(F)(F)F)cc3)CC4)CC2)cc1.[NaH]. The van der Waals surface area contributed by atoms with Crippen molar-refractivity contribution in [3.8, 4) is 0 Å². The van der Waals surface area contributed by atoms with E-state index in [9.17, 15) is 22.8 Å². The molecule has 0 radical (unpaired) electrons. The Hall–Kier alpha value is -1.87. The summed E-state index contributed by atoms with van der Waals surface area (Å²) >= 11 is 0. The van der Waals surface area contributed by atoms with Gasteiger partial charge >= 0.3 is 41.7 Å². The summed E-state index contributed by atoms with van der Waals surface area (Å²) in [6.07, 6.45) is 1.21. The van der Waals surface area contributed by atoms with Crippen LogP contribution in [0.3, 0.4) is 0 Å². The second-order valence-electron chi connectivity index (χ2n) is 10.1. The van der Waals surface area contributed by atoms with Crippen molar-refractivity contribution < 1.29 is 27.9 Å². The number of piperidine rings is 1. The summed E-state index contributed by atoms with van der Waals surface area (Å²) in [6, 6.07) is 11.5. The number of carboxylic acid groups (broad SMARTS) is 1. The molecule has 2 aliphatic carbocycles. The van der Waals surface area contributed by atoms with Crippen molar-refractivity contribution in [2.24, 2.45) is 5.41 Å². The molecule has 1 aliphatic heterocycles. The standard InChI is InChI=1S/C26H27F3N2O3.Na.H/c27-26(28,29)20-5-1-17(2-6-20)16-31-14-13-24(9-10-24)15-21(31)22(32)30-25(11-12-25)19-7-3-18(4-8-19)23(33)34;;/h1-8,21H,9-16H2,(H,30,32)(H,33,34);;. The Kier molecular flexibility index (Phi) is 7.14. The van der Waals surface area contributed by atoms with Crippen molar-refractivity contribution >= 4 is 41.4 Å². The van der Waals surface area contributed by atoms with Crippen LogP contribution in [0.25, 0.3) is 0 Å². The molecule has 1 atom stereocenters. The molecular weight excluding hydrogens is 468 g/mol. The number of halogens is 3. The van der Waals surface area contributed by atoms with E-state index in [1.54, 1.807) is 24.3 Å². The molecule has 1 heterocycles. The number of carbonyl (C=O) groups is 2. The molecule has 3 aliphatic rings. The monoisotopic (exact) mass is 496 g/mol. The summed E-state index contributed by atoms with van der Waals surface area (Å²) in [5, 5.41) is 12.4. The van der Waals surface area contributed by atoms with Gasteiger partial charge in [-0.1, -0.05) is 24.3 Å². The van der Waals surface area contributed by atoms with Gasteiger partial charge in [-0.3, -0.25) is 9.69 Å². The van der Waals surface area contributed by atoms with E-state index in [-0.39, 0.29) is 52.5 Å². The third-order valence-electron chi connectivity index (χ3n) is 7.72. The van der Waals surface area contributed by atoms with Gasteiger partial charge in [0.25, 0.3) is 0 Å². The molecule has 2 aromatic rings. The third kappa shape index (κ3) is 5.61. The predicted molar refractivity (Wildman–Crippen MR) is 126 cm³/mol. The molecule has 1 spiro atoms. The Labute approximate surface area is 224 Å². The molecule has 35 heavy (non-hydrogen) atoms. The Morgan fingerprint density at radius 1 is 0.971 bits per heavy atom. The van der Waals surface area contributed by atoms with Gasteiger partial charge in [0.2, 0.25) is 5.91 Å². The number of nitrogens with zero attached hydrogens (tertiary/aromatic N) is 1. The van der Waals surface area contributed by atoms with Gasteiger partial charge in [-0.25, -0.2) is 4.79 Å². The summed E-state index contributed by atoms with van der Waals surface area (Å²) in [7, 11) is 0. The third-order valence-corrected chi connectivity index (χ3v) is 7.72. The summed E-state index contributed by atoms with van der Waals surface area (Å²) in [5.41, 5.74) is 0.933. The molecule has 1 amide bonds. The molecule has 2 N–H and O–H groups in total. The normalized spacial score (nSPS) is 22.2. The summed E-state index contributed by atoms with van der Waals surface area (Å²) < 4.78 is 38.7. The maximum absolute atomic E-state index is 13.5. The zero-order valence-electron chi connectivity index (χ0n) is 18.7. The van der Waals surface area contributed by atoms with Gasteiger partial charge in [0.05, 0.1) is 22.7 Å². The number of benzene rings is 2. The van der Waals surface area contributed by atoms with Crippen molar-refractivity contribution in [1.29, 1.82) is 0 Å². The number of nitrogens with one attached hydrogen (secondary N) is 1. The van der Waals surface area contributed by atoms with Gasteiger partial charge in [0, 0.05) is 6.54 Å². The Morgan fingerprint density at radius 2 is 1.60 bits per heavy atom. The molecule has 1 saturated heterocycles. The number of alkyl halides is 3. The topological polar surface area (TPSA) is 69.6 Å². The summed E-state index contributed by atoms with van der Waals surface area (Å²) in [4.78, 5) is 26.7. The van der Waals surface area contributed by atoms with Crippen LogP contribution in [0, 0.1) is 5.41 Å². The molecular formula is C26H28F3N2NaO3.